The zero-order chi connectivity index (χ0) is 12.2. The van der Waals surface area contributed by atoms with Gasteiger partial charge in [-0.15, -0.1) is 0 Å². The number of aliphatic imine (C=N–C) groups is 1. The van der Waals surface area contributed by atoms with Gasteiger partial charge >= 0.3 is 0 Å². The van der Waals surface area contributed by atoms with Gasteiger partial charge in [-0.3, -0.25) is 10.4 Å². The first-order chi connectivity index (χ1) is 7.74. The van der Waals surface area contributed by atoms with Crippen LogP contribution in [0, 0.1) is 0 Å². The molecule has 1 unspecified atom stereocenters. The Hall–Kier alpha value is -0.420. The Bertz CT molecular complexity index is 185. The van der Waals surface area contributed by atoms with Crippen molar-refractivity contribution in [2.75, 3.05) is 18.1 Å². The number of thioether (sulfide) groups is 1. The zero-order valence-electron chi connectivity index (χ0n) is 10.8. The minimum atomic E-state index is 0.412. The van der Waals surface area contributed by atoms with E-state index in [1.54, 1.807) is 0 Å². The first-order valence-electron chi connectivity index (χ1n) is 6.09. The molecule has 0 aliphatic rings. The van der Waals surface area contributed by atoms with Gasteiger partial charge in [-0.05, 0) is 31.3 Å². The average molecular weight is 246 g/mol. The molecule has 0 rings (SSSR count). The molecule has 0 amide bonds. The second-order valence-electron chi connectivity index (χ2n) is 3.76. The molecular weight excluding hydrogens is 220 g/mol. The normalized spacial score (nSPS) is 13.6. The number of rotatable bonds is 8. The van der Waals surface area contributed by atoms with E-state index in [4.69, 9.17) is 5.84 Å². The fourth-order valence-corrected chi connectivity index (χ4v) is 2.00. The van der Waals surface area contributed by atoms with Gasteiger partial charge in [0.15, 0.2) is 0 Å². The Morgan fingerprint density at radius 1 is 1.44 bits per heavy atom. The smallest absolute Gasteiger partial charge is 0.205 e. The van der Waals surface area contributed by atoms with Crippen molar-refractivity contribution < 1.29 is 0 Å². The topological polar surface area (TPSA) is 62.4 Å². The minimum absolute atomic E-state index is 0.412. The van der Waals surface area contributed by atoms with Gasteiger partial charge in [0.05, 0.1) is 0 Å². The van der Waals surface area contributed by atoms with Gasteiger partial charge in [-0.2, -0.15) is 11.8 Å². The van der Waals surface area contributed by atoms with Crippen molar-refractivity contribution in [2.45, 2.75) is 46.1 Å². The molecule has 4 N–H and O–H groups in total. The van der Waals surface area contributed by atoms with Crippen LogP contribution in [-0.2, 0) is 0 Å². The third-order valence-corrected chi connectivity index (χ3v) is 3.13. The van der Waals surface area contributed by atoms with E-state index in [-0.39, 0.29) is 0 Å². The van der Waals surface area contributed by atoms with E-state index in [0.717, 1.165) is 25.8 Å². The lowest BCUT2D eigenvalue weighted by Crippen LogP contribution is -2.45. The molecule has 0 bridgehead atoms. The Kier molecular flexibility index (Phi) is 10.8. The van der Waals surface area contributed by atoms with E-state index in [1.165, 1.54) is 11.5 Å². The lowest BCUT2D eigenvalue weighted by molar-refractivity contribution is 0.628. The summed E-state index contributed by atoms with van der Waals surface area (Å²) < 4.78 is 0. The Balaban J connectivity index is 3.77. The molecule has 0 aliphatic carbocycles. The molecule has 0 spiro atoms. The summed E-state index contributed by atoms with van der Waals surface area (Å²) in [5.74, 6) is 8.48. The Morgan fingerprint density at radius 2 is 2.19 bits per heavy atom. The fraction of sp³-hybridized carbons (Fsp3) is 0.909. The average Bonchev–Trinajstić information content (AvgIpc) is 2.28. The third kappa shape index (κ3) is 8.85. The maximum atomic E-state index is 5.41. The van der Waals surface area contributed by atoms with Crippen molar-refractivity contribution >= 4 is 17.7 Å². The summed E-state index contributed by atoms with van der Waals surface area (Å²) >= 11 is 1.96. The van der Waals surface area contributed by atoms with E-state index in [9.17, 15) is 0 Å². The quantitative estimate of drug-likeness (QED) is 0.201. The van der Waals surface area contributed by atoms with Gasteiger partial charge in [0.25, 0.3) is 0 Å². The van der Waals surface area contributed by atoms with Crippen LogP contribution < -0.4 is 16.6 Å². The molecule has 0 radical (unpaired) electrons. The number of hydrogen-bond donors (Lipinski definition) is 3. The molecule has 16 heavy (non-hydrogen) atoms. The molecular formula is C11H26N4S. The molecule has 4 nitrogen and oxygen atoms in total. The van der Waals surface area contributed by atoms with E-state index >= 15 is 0 Å². The zero-order valence-corrected chi connectivity index (χ0v) is 11.6. The van der Waals surface area contributed by atoms with E-state index < -0.39 is 0 Å². The molecule has 0 saturated heterocycles. The molecule has 0 aromatic heterocycles. The third-order valence-electron chi connectivity index (χ3n) is 2.20. The van der Waals surface area contributed by atoms with Gasteiger partial charge in [-0.25, -0.2) is 5.84 Å². The molecule has 0 saturated carbocycles. The van der Waals surface area contributed by atoms with Crippen LogP contribution in [0.15, 0.2) is 4.99 Å². The highest BCUT2D eigenvalue weighted by atomic mass is 32.2. The summed E-state index contributed by atoms with van der Waals surface area (Å²) in [4.78, 5) is 4.36. The van der Waals surface area contributed by atoms with Gasteiger partial charge in [0.1, 0.15) is 0 Å². The minimum Gasteiger partial charge on any atom is -0.353 e. The van der Waals surface area contributed by atoms with Crippen molar-refractivity contribution in [1.29, 1.82) is 0 Å². The van der Waals surface area contributed by atoms with E-state index in [2.05, 4.69) is 36.5 Å². The largest absolute Gasteiger partial charge is 0.353 e. The van der Waals surface area contributed by atoms with Crippen LogP contribution in [-0.4, -0.2) is 30.1 Å². The summed E-state index contributed by atoms with van der Waals surface area (Å²) in [6.07, 6.45) is 3.39. The van der Waals surface area contributed by atoms with E-state index in [0.29, 0.717) is 12.0 Å². The molecule has 5 heteroatoms. The number of unbranched alkanes of at least 4 members (excludes halogenated alkanes) is 1. The van der Waals surface area contributed by atoms with Crippen LogP contribution in [0.2, 0.25) is 0 Å². The number of nitrogens with one attached hydrogen (secondary N) is 2. The van der Waals surface area contributed by atoms with Crippen molar-refractivity contribution in [2.24, 2.45) is 10.8 Å². The van der Waals surface area contributed by atoms with E-state index in [1.807, 2.05) is 11.8 Å². The fourth-order valence-electron chi connectivity index (χ4n) is 1.19. The summed E-state index contributed by atoms with van der Waals surface area (Å²) in [6.45, 7) is 7.33. The highest BCUT2D eigenvalue weighted by Gasteiger charge is 2.03. The van der Waals surface area contributed by atoms with Gasteiger partial charge < -0.3 is 5.32 Å². The van der Waals surface area contributed by atoms with Crippen LogP contribution in [0.3, 0.4) is 0 Å². The number of hydrogen-bond acceptors (Lipinski definition) is 3. The highest BCUT2D eigenvalue weighted by molar-refractivity contribution is 7.99. The predicted octanol–water partition coefficient (Wildman–Crippen LogP) is 1.73. The molecule has 0 aromatic rings. The SMILES string of the molecule is CCCCN=C(NN)NC(C)CCSCC. The maximum Gasteiger partial charge on any atom is 0.205 e. The number of guanidine groups is 1. The van der Waals surface area contributed by atoms with Gasteiger partial charge in [0.2, 0.25) is 5.96 Å². The summed E-state index contributed by atoms with van der Waals surface area (Å²) in [5.41, 5.74) is 2.61. The number of hydrazine groups is 1. The Morgan fingerprint density at radius 3 is 2.75 bits per heavy atom. The van der Waals surface area contributed by atoms with Crippen molar-refractivity contribution in [3.8, 4) is 0 Å². The Labute approximate surface area is 104 Å². The molecule has 0 aromatic carbocycles. The van der Waals surface area contributed by atoms with Crippen LogP contribution >= 0.6 is 11.8 Å². The second kappa shape index (κ2) is 11.1. The lowest BCUT2D eigenvalue weighted by Gasteiger charge is -2.16. The lowest BCUT2D eigenvalue weighted by atomic mass is 10.3. The van der Waals surface area contributed by atoms with Crippen LogP contribution in [0.25, 0.3) is 0 Å². The molecule has 0 aliphatic heterocycles. The van der Waals surface area contributed by atoms with Crippen molar-refractivity contribution in [3.05, 3.63) is 0 Å². The van der Waals surface area contributed by atoms with Crippen molar-refractivity contribution in [3.63, 3.8) is 0 Å². The molecule has 0 fully saturated rings. The summed E-state index contributed by atoms with van der Waals surface area (Å²) in [5, 5.41) is 3.28. The van der Waals surface area contributed by atoms with Gasteiger partial charge in [0, 0.05) is 12.6 Å². The first-order valence-corrected chi connectivity index (χ1v) is 7.25. The summed E-state index contributed by atoms with van der Waals surface area (Å²) in [7, 11) is 0. The second-order valence-corrected chi connectivity index (χ2v) is 5.15. The van der Waals surface area contributed by atoms with Crippen molar-refractivity contribution in [1.82, 2.24) is 10.7 Å². The highest BCUT2D eigenvalue weighted by Crippen LogP contribution is 2.03. The molecule has 1 atom stereocenters. The molecule has 0 heterocycles. The monoisotopic (exact) mass is 246 g/mol. The maximum absolute atomic E-state index is 5.41. The van der Waals surface area contributed by atoms with Crippen LogP contribution in [0.1, 0.15) is 40.0 Å². The van der Waals surface area contributed by atoms with Crippen LogP contribution in [0.4, 0.5) is 0 Å². The standard InChI is InChI=1S/C11H26N4S/c1-4-6-8-13-11(15-12)14-10(3)7-9-16-5-2/h10H,4-9,12H2,1-3H3,(H2,13,14,15). The molecule has 96 valence electrons. The number of nitrogens with two attached hydrogens (primary N) is 1. The van der Waals surface area contributed by atoms with Crippen LogP contribution in [0.5, 0.6) is 0 Å². The van der Waals surface area contributed by atoms with Gasteiger partial charge in [-0.1, -0.05) is 20.3 Å². The summed E-state index contributed by atoms with van der Waals surface area (Å²) in [6, 6.07) is 0.412. The first kappa shape index (κ1) is 15.6. The number of nitrogens with zero attached hydrogens (tertiary/aromatic N) is 1. The predicted molar refractivity (Wildman–Crippen MR) is 74.7 cm³/mol.